The molecule has 11 heterocycles. The summed E-state index contributed by atoms with van der Waals surface area (Å²) in [6, 6.07) is 46.5. The summed E-state index contributed by atoms with van der Waals surface area (Å²) in [4.78, 5) is 98.5. The van der Waals surface area contributed by atoms with E-state index in [9.17, 15) is 50.7 Å². The monoisotopic (exact) mass is 1810 g/mol. The third-order valence-electron chi connectivity index (χ3n) is 24.6. The molecular weight excluding hydrogens is 1710 g/mol. The van der Waals surface area contributed by atoms with Crippen LogP contribution in [0, 0.1) is 20.8 Å². The van der Waals surface area contributed by atoms with Crippen molar-refractivity contribution in [2.75, 3.05) is 19.8 Å². The number of aromatic nitrogens is 9. The van der Waals surface area contributed by atoms with Crippen LogP contribution in [-0.4, -0.2) is 97.4 Å². The van der Waals surface area contributed by atoms with Gasteiger partial charge in [0.15, 0.2) is 17.3 Å². The highest BCUT2D eigenvalue weighted by Gasteiger charge is 2.38. The van der Waals surface area contributed by atoms with Gasteiger partial charge in [-0.05, 0) is 303 Å². The summed E-state index contributed by atoms with van der Waals surface area (Å²) in [6.07, 6.45) is 1.70. The molecule has 3 aliphatic rings. The number of hydrogen-bond acceptors (Lipinski definition) is 17. The molecule has 19 rings (SSSR count). The number of aryl methyl sites for hydroxylation is 4. The number of hydrogen-bond donors (Lipinski definition) is 0. The van der Waals surface area contributed by atoms with Crippen LogP contribution in [0.5, 0.6) is 17.2 Å². The van der Waals surface area contributed by atoms with Crippen LogP contribution >= 0.6 is 0 Å². The zero-order valence-corrected chi connectivity index (χ0v) is 77.5. The largest absolute Gasteiger partial charge is 0.493 e. The lowest BCUT2D eigenvalue weighted by Gasteiger charge is -2.30. The minimum absolute atomic E-state index is 0.0919. The smallest absolute Gasteiger partial charge is 0.417 e. The maximum atomic E-state index is 13.6. The van der Waals surface area contributed by atoms with Gasteiger partial charge < -0.3 is 42.1 Å². The van der Waals surface area contributed by atoms with Gasteiger partial charge in [0.25, 0.3) is 23.1 Å². The minimum atomic E-state index is -4.58. The molecular formula is C108H102F5N9O12. The van der Waals surface area contributed by atoms with Gasteiger partial charge in [0.05, 0.1) is 107 Å². The predicted molar refractivity (Wildman–Crippen MR) is 510 cm³/mol. The third-order valence-corrected chi connectivity index (χ3v) is 24.6. The van der Waals surface area contributed by atoms with Crippen LogP contribution in [0.1, 0.15) is 186 Å². The maximum Gasteiger partial charge on any atom is 0.417 e. The Hall–Kier alpha value is -13.8. The Kier molecular flexibility index (Phi) is 24.7. The summed E-state index contributed by atoms with van der Waals surface area (Å²) in [5.41, 5.74) is 15.7. The van der Waals surface area contributed by atoms with E-state index < -0.39 is 58.8 Å². The summed E-state index contributed by atoms with van der Waals surface area (Å²) >= 11 is 0. The average Bonchev–Trinajstić information content (AvgIpc) is 0.766. The van der Waals surface area contributed by atoms with Crippen LogP contribution in [0.4, 0.5) is 22.0 Å². The molecule has 134 heavy (non-hydrogen) atoms. The first-order valence-corrected chi connectivity index (χ1v) is 44.6. The lowest BCUT2D eigenvalue weighted by molar-refractivity contribution is -0.139. The number of pyridine rings is 7. The van der Waals surface area contributed by atoms with E-state index in [1.165, 1.54) is 54.4 Å². The van der Waals surface area contributed by atoms with E-state index in [-0.39, 0.29) is 52.7 Å². The van der Waals surface area contributed by atoms with E-state index in [1.54, 1.807) is 60.3 Å². The third kappa shape index (κ3) is 18.1. The second-order valence-electron chi connectivity index (χ2n) is 37.7. The molecule has 0 aliphatic carbocycles. The van der Waals surface area contributed by atoms with Crippen LogP contribution in [0.25, 0.3) is 110 Å². The van der Waals surface area contributed by atoms with Gasteiger partial charge in [-0.15, -0.1) is 0 Å². The highest BCUT2D eigenvalue weighted by atomic mass is 19.4. The van der Waals surface area contributed by atoms with Crippen molar-refractivity contribution in [3.8, 4) is 50.6 Å². The van der Waals surface area contributed by atoms with E-state index in [4.69, 9.17) is 43.4 Å². The van der Waals surface area contributed by atoms with Gasteiger partial charge in [-0.2, -0.15) is 18.3 Å². The fourth-order valence-electron chi connectivity index (χ4n) is 19.0. The fourth-order valence-corrected chi connectivity index (χ4v) is 19.0. The molecule has 0 saturated heterocycles. The number of ether oxygens (including phenoxy) is 6. The number of rotatable bonds is 19. The molecule has 0 amide bonds. The minimum Gasteiger partial charge on any atom is -0.493 e. The molecule has 16 aromatic rings. The van der Waals surface area contributed by atoms with Crippen LogP contribution in [0.3, 0.4) is 0 Å². The van der Waals surface area contributed by atoms with Crippen LogP contribution < -0.4 is 30.9 Å². The lowest BCUT2D eigenvalue weighted by atomic mass is 9.85. The van der Waals surface area contributed by atoms with E-state index in [1.807, 2.05) is 197 Å². The van der Waals surface area contributed by atoms with Crippen molar-refractivity contribution in [1.29, 1.82) is 0 Å². The first-order chi connectivity index (χ1) is 63.6. The van der Waals surface area contributed by atoms with Gasteiger partial charge in [0, 0.05) is 135 Å². The van der Waals surface area contributed by atoms with Crippen molar-refractivity contribution in [2.45, 2.75) is 190 Å². The Morgan fingerprint density at radius 1 is 0.425 bits per heavy atom. The average molecular weight is 1810 g/mol. The molecule has 0 saturated carbocycles. The number of nitrogens with zero attached hydrogens (tertiary/aromatic N) is 9. The molecule has 3 atom stereocenters. The Morgan fingerprint density at radius 2 is 0.799 bits per heavy atom. The molecule has 686 valence electrons. The van der Waals surface area contributed by atoms with Crippen molar-refractivity contribution < 1.29 is 64.8 Å². The standard InChI is InChI=1S/C37H36N4O4.C36H34F2N2O4.C35H32F3N3O4/c1-21-17-29-26(9-12-31(43)41(29)20-23-7-10-28-25(18-23)19-39-40(28)6)34(32(21)36(22(2)42)45-37(3,4)5)27-8-11-30-33-24(14-16-44-30)13-15-38-35(27)33;1-20-17-27-25(10-12-29(42)40(27)19-22-7-6-8-24(18-22)35(37)38)32(30(20)34(21(2)41)44-36(3,4)5)26-9-11-28-31-23(14-16-43-28)13-15-39-33(26)31;1-19-14-26-24(7-9-28(43)41(26)18-21-15-23(17-39-16-21)35(36,37)38)31(29(19)33(20(2)42)45-34(3,4)5)25-6-8-27-30-22(11-13-44-27)10-12-40-32(25)30/h7-13,15,17-19,36H,14,16,20H2,1-6H3;6-13,15,17-18,34-35H,14,16,19H2,1-5H3;6-10,12,14-17,33H,11,13,18H2,1-5H3/t36-;34-;33-/m111/s1. The van der Waals surface area contributed by atoms with Gasteiger partial charge in [0.1, 0.15) is 35.6 Å². The summed E-state index contributed by atoms with van der Waals surface area (Å²) < 4.78 is 111. The zero-order valence-electron chi connectivity index (χ0n) is 77.5. The number of alkyl halides is 5. The number of ketones is 3. The van der Waals surface area contributed by atoms with Gasteiger partial charge in [-0.25, -0.2) is 8.78 Å². The van der Waals surface area contributed by atoms with Crippen LogP contribution in [-0.2, 0) is 80.7 Å². The number of benzene rings is 8. The predicted octanol–water partition coefficient (Wildman–Crippen LogP) is 22.1. The van der Waals surface area contributed by atoms with Gasteiger partial charge in [0.2, 0.25) is 0 Å². The van der Waals surface area contributed by atoms with Crippen molar-refractivity contribution >= 4 is 93.7 Å². The molecule has 3 aliphatic heterocycles. The molecule has 0 bridgehead atoms. The van der Waals surface area contributed by atoms with Crippen molar-refractivity contribution in [2.24, 2.45) is 7.05 Å². The summed E-state index contributed by atoms with van der Waals surface area (Å²) in [6.45, 7) is 29.6. The molecule has 26 heteroatoms. The maximum absolute atomic E-state index is 13.6. The first kappa shape index (κ1) is 92.0. The molecule has 0 unspecified atom stereocenters. The van der Waals surface area contributed by atoms with Crippen molar-refractivity contribution in [1.82, 2.24) is 43.4 Å². The van der Waals surface area contributed by atoms with E-state index in [2.05, 4.69) is 16.1 Å². The Balaban J connectivity index is 0.000000140. The second kappa shape index (κ2) is 35.9. The first-order valence-electron chi connectivity index (χ1n) is 44.6. The van der Waals surface area contributed by atoms with E-state index >= 15 is 0 Å². The Labute approximate surface area is 769 Å². The Morgan fingerprint density at radius 3 is 1.16 bits per heavy atom. The molecule has 21 nitrogen and oxygen atoms in total. The summed E-state index contributed by atoms with van der Waals surface area (Å²) in [7, 11) is 1.92. The molecule has 0 spiro atoms. The number of carbonyl (C=O) groups excluding carboxylic acids is 3. The van der Waals surface area contributed by atoms with E-state index in [0.717, 1.165) is 152 Å². The highest BCUT2D eigenvalue weighted by Crippen LogP contribution is 2.51. The summed E-state index contributed by atoms with van der Waals surface area (Å²) in [5, 5.41) is 10.4. The number of halogens is 5. The van der Waals surface area contributed by atoms with Gasteiger partial charge >= 0.3 is 6.18 Å². The molecule has 0 fully saturated rings. The second-order valence-corrected chi connectivity index (χ2v) is 37.7. The van der Waals surface area contributed by atoms with Crippen molar-refractivity contribution in [3.05, 3.63) is 304 Å². The summed E-state index contributed by atoms with van der Waals surface area (Å²) in [5.74, 6) is 1.83. The molecule has 0 radical (unpaired) electrons. The van der Waals surface area contributed by atoms with Crippen LogP contribution in [0.15, 0.2) is 209 Å². The number of Topliss-reactive ketones (excluding diaryl/α,β-unsaturated/α-hetero) is 3. The lowest BCUT2D eigenvalue weighted by Crippen LogP contribution is -2.27. The number of fused-ring (bicyclic) bond motifs is 4. The topological polar surface area (TPSA) is 242 Å². The molecule has 8 aromatic heterocycles. The van der Waals surface area contributed by atoms with E-state index in [0.29, 0.717) is 88.3 Å². The quantitative estimate of drug-likeness (QED) is 0.0683. The van der Waals surface area contributed by atoms with Crippen LogP contribution in [0.2, 0.25) is 0 Å². The molecule has 0 N–H and O–H groups in total. The van der Waals surface area contributed by atoms with Gasteiger partial charge in [-0.1, -0.05) is 24.3 Å². The van der Waals surface area contributed by atoms with Gasteiger partial charge in [-0.3, -0.25) is 53.4 Å². The van der Waals surface area contributed by atoms with Crippen molar-refractivity contribution in [3.63, 3.8) is 0 Å². The zero-order chi connectivity index (χ0) is 95.2. The highest BCUT2D eigenvalue weighted by molar-refractivity contribution is 6.12. The Bertz CT molecular complexity index is 7650. The SMILES string of the molecule is CC(=O)[C@@H](OC(C)(C)C)c1c(C)cc2c(ccc(=O)n2Cc2ccc3c(cnn3C)c2)c1-c1ccc2c3c(ccnc13)CCO2.CC(=O)[C@@H](OC(C)(C)C)c1c(C)cc2c(ccc(=O)n2Cc2cccc(C(F)F)c2)c1-c1ccc2c3c(ccnc13)CCO2.CC(=O)[C@@H](OC(C)(C)C)c1c(C)cc2c(ccc(=O)n2Cc2cncc(C(F)(F)F)c2)c1-c1ccc2c3c(ccnc13)CCO2. The fraction of sp³-hybridized carbons (Fsp3) is 0.306. The normalized spacial score (nSPS) is 13.9. The number of carbonyl (C=O) groups is 3. The molecule has 8 aromatic carbocycles.